The lowest BCUT2D eigenvalue weighted by Crippen LogP contribution is -2.35. The molecule has 1 aliphatic carbocycles. The molecule has 15 heavy (non-hydrogen) atoms. The van der Waals surface area contributed by atoms with E-state index in [4.69, 9.17) is 10.5 Å². The molecular weight excluding hydrogens is 193 g/mol. The van der Waals surface area contributed by atoms with Crippen LogP contribution in [0.25, 0.3) is 0 Å². The van der Waals surface area contributed by atoms with Gasteiger partial charge in [-0.15, -0.1) is 0 Å². The van der Waals surface area contributed by atoms with Crippen molar-refractivity contribution in [2.24, 2.45) is 11.7 Å². The summed E-state index contributed by atoms with van der Waals surface area (Å²) in [6.07, 6.45) is 2.48. The fraction of sp³-hybridized carbons (Fsp3) is 0.500. The van der Waals surface area contributed by atoms with Crippen LogP contribution < -0.4 is 5.73 Å². The van der Waals surface area contributed by atoms with Crippen LogP contribution in [0.3, 0.4) is 0 Å². The highest BCUT2D eigenvalue weighted by Gasteiger charge is 2.28. The Labute approximate surface area is 89.2 Å². The molecule has 0 aromatic heterocycles. The second-order valence-corrected chi connectivity index (χ2v) is 4.13. The molecule has 0 spiro atoms. The molecule has 0 atom stereocenters. The van der Waals surface area contributed by atoms with Crippen molar-refractivity contribution in [1.29, 1.82) is 0 Å². The van der Waals surface area contributed by atoms with Gasteiger partial charge in [-0.1, -0.05) is 12.1 Å². The van der Waals surface area contributed by atoms with E-state index in [-0.39, 0.29) is 5.82 Å². The molecule has 2 rings (SSSR count). The standard InChI is InChI=1S/C12H16FNO/c13-11-3-1-9(2-4-11)8-15-12-5-10(6-12)7-14/h1-4,10,12H,5-8,14H2. The molecule has 0 unspecified atom stereocenters. The second-order valence-electron chi connectivity index (χ2n) is 4.13. The molecule has 0 saturated heterocycles. The Morgan fingerprint density at radius 3 is 2.53 bits per heavy atom. The Bertz CT molecular complexity index is 306. The van der Waals surface area contributed by atoms with Crippen LogP contribution in [-0.2, 0) is 11.3 Å². The molecule has 1 aliphatic rings. The van der Waals surface area contributed by atoms with E-state index >= 15 is 0 Å². The largest absolute Gasteiger partial charge is 0.374 e. The average Bonchev–Trinajstić information content (AvgIpc) is 2.19. The topological polar surface area (TPSA) is 35.2 Å². The van der Waals surface area contributed by atoms with Gasteiger partial charge in [0.1, 0.15) is 5.82 Å². The molecule has 0 heterocycles. The van der Waals surface area contributed by atoms with E-state index in [2.05, 4.69) is 0 Å². The number of hydrogen-bond acceptors (Lipinski definition) is 2. The summed E-state index contributed by atoms with van der Waals surface area (Å²) in [5.41, 5.74) is 6.54. The summed E-state index contributed by atoms with van der Waals surface area (Å²) >= 11 is 0. The summed E-state index contributed by atoms with van der Waals surface area (Å²) in [4.78, 5) is 0. The predicted molar refractivity (Wildman–Crippen MR) is 56.8 cm³/mol. The first kappa shape index (κ1) is 10.6. The van der Waals surface area contributed by atoms with Crippen molar-refractivity contribution in [1.82, 2.24) is 0 Å². The summed E-state index contributed by atoms with van der Waals surface area (Å²) < 4.78 is 18.3. The minimum absolute atomic E-state index is 0.203. The first-order chi connectivity index (χ1) is 7.28. The molecule has 2 nitrogen and oxygen atoms in total. The van der Waals surface area contributed by atoms with Gasteiger partial charge in [-0.2, -0.15) is 0 Å². The normalized spacial score (nSPS) is 24.9. The van der Waals surface area contributed by atoms with Crippen molar-refractivity contribution < 1.29 is 9.13 Å². The monoisotopic (exact) mass is 209 g/mol. The van der Waals surface area contributed by atoms with E-state index in [0.29, 0.717) is 18.6 Å². The molecule has 3 heteroatoms. The van der Waals surface area contributed by atoms with E-state index < -0.39 is 0 Å². The maximum absolute atomic E-state index is 12.6. The summed E-state index contributed by atoms with van der Waals surface area (Å²) in [5, 5.41) is 0. The highest BCUT2D eigenvalue weighted by molar-refractivity contribution is 5.15. The fourth-order valence-corrected chi connectivity index (χ4v) is 1.80. The van der Waals surface area contributed by atoms with Crippen molar-refractivity contribution in [3.05, 3.63) is 35.6 Å². The molecule has 2 N–H and O–H groups in total. The fourth-order valence-electron chi connectivity index (χ4n) is 1.80. The zero-order chi connectivity index (χ0) is 10.7. The lowest BCUT2D eigenvalue weighted by atomic mass is 9.82. The van der Waals surface area contributed by atoms with Gasteiger partial charge in [0.2, 0.25) is 0 Å². The minimum Gasteiger partial charge on any atom is -0.374 e. The minimum atomic E-state index is -0.203. The third-order valence-electron chi connectivity index (χ3n) is 2.92. The lowest BCUT2D eigenvalue weighted by Gasteiger charge is -2.34. The van der Waals surface area contributed by atoms with E-state index in [9.17, 15) is 4.39 Å². The van der Waals surface area contributed by atoms with Crippen molar-refractivity contribution in [2.75, 3.05) is 6.54 Å². The Morgan fingerprint density at radius 2 is 1.93 bits per heavy atom. The maximum Gasteiger partial charge on any atom is 0.123 e. The number of ether oxygens (including phenoxy) is 1. The molecule has 1 saturated carbocycles. The SMILES string of the molecule is NCC1CC(OCc2ccc(F)cc2)C1. The van der Waals surface area contributed by atoms with Crippen molar-refractivity contribution in [2.45, 2.75) is 25.6 Å². The molecule has 82 valence electrons. The van der Waals surface area contributed by atoms with Gasteiger partial charge in [-0.25, -0.2) is 4.39 Å². The molecule has 0 amide bonds. The van der Waals surface area contributed by atoms with Crippen molar-refractivity contribution >= 4 is 0 Å². The first-order valence-electron chi connectivity index (χ1n) is 5.34. The smallest absolute Gasteiger partial charge is 0.123 e. The average molecular weight is 209 g/mol. The Morgan fingerprint density at radius 1 is 1.27 bits per heavy atom. The van der Waals surface area contributed by atoms with Crippen LogP contribution in [0.2, 0.25) is 0 Å². The highest BCUT2D eigenvalue weighted by atomic mass is 19.1. The zero-order valence-corrected chi connectivity index (χ0v) is 8.66. The van der Waals surface area contributed by atoms with Crippen LogP contribution in [-0.4, -0.2) is 12.6 Å². The van der Waals surface area contributed by atoms with E-state index in [1.807, 2.05) is 0 Å². The Kier molecular flexibility index (Phi) is 3.34. The molecule has 0 radical (unpaired) electrons. The maximum atomic E-state index is 12.6. The van der Waals surface area contributed by atoms with Crippen molar-refractivity contribution in [3.63, 3.8) is 0 Å². The molecule has 1 aromatic carbocycles. The van der Waals surface area contributed by atoms with Crippen LogP contribution in [0.5, 0.6) is 0 Å². The molecule has 0 aliphatic heterocycles. The molecule has 0 bridgehead atoms. The third-order valence-corrected chi connectivity index (χ3v) is 2.92. The Balaban J connectivity index is 1.72. The quantitative estimate of drug-likeness (QED) is 0.824. The van der Waals surface area contributed by atoms with Gasteiger partial charge in [-0.3, -0.25) is 0 Å². The number of benzene rings is 1. The summed E-state index contributed by atoms with van der Waals surface area (Å²) in [6, 6.07) is 6.44. The molecule has 1 fully saturated rings. The van der Waals surface area contributed by atoms with Crippen LogP contribution in [0.4, 0.5) is 4.39 Å². The molecule has 1 aromatic rings. The zero-order valence-electron chi connectivity index (χ0n) is 8.66. The number of rotatable bonds is 4. The highest BCUT2D eigenvalue weighted by Crippen LogP contribution is 2.29. The van der Waals surface area contributed by atoms with Crippen LogP contribution in [0, 0.1) is 11.7 Å². The number of hydrogen-bond donors (Lipinski definition) is 1. The molecular formula is C12H16FNO. The van der Waals surface area contributed by atoms with Crippen molar-refractivity contribution in [3.8, 4) is 0 Å². The summed E-state index contributed by atoms with van der Waals surface area (Å²) in [5.74, 6) is 0.439. The number of nitrogens with two attached hydrogens (primary N) is 1. The second kappa shape index (κ2) is 4.73. The first-order valence-corrected chi connectivity index (χ1v) is 5.34. The van der Waals surface area contributed by atoms with Gasteiger partial charge in [0.05, 0.1) is 12.7 Å². The van der Waals surface area contributed by atoms with Gasteiger partial charge in [0.25, 0.3) is 0 Å². The van der Waals surface area contributed by atoms with E-state index in [1.54, 1.807) is 12.1 Å². The third kappa shape index (κ3) is 2.76. The van der Waals surface area contributed by atoms with E-state index in [0.717, 1.165) is 24.9 Å². The summed E-state index contributed by atoms with van der Waals surface area (Å²) in [7, 11) is 0. The van der Waals surface area contributed by atoms with Gasteiger partial charge >= 0.3 is 0 Å². The lowest BCUT2D eigenvalue weighted by molar-refractivity contribution is -0.0376. The van der Waals surface area contributed by atoms with Gasteiger partial charge in [0.15, 0.2) is 0 Å². The van der Waals surface area contributed by atoms with Crippen LogP contribution in [0.15, 0.2) is 24.3 Å². The Hall–Kier alpha value is -0.930. The van der Waals surface area contributed by atoms with E-state index in [1.165, 1.54) is 12.1 Å². The number of halogens is 1. The van der Waals surface area contributed by atoms with Gasteiger partial charge in [-0.05, 0) is 43.0 Å². The van der Waals surface area contributed by atoms with Gasteiger partial charge < -0.3 is 10.5 Å². The predicted octanol–water partition coefficient (Wildman–Crippen LogP) is 2.08. The van der Waals surface area contributed by atoms with Gasteiger partial charge in [0, 0.05) is 0 Å². The summed E-state index contributed by atoms with van der Waals surface area (Å²) in [6.45, 7) is 1.33. The van der Waals surface area contributed by atoms with Crippen LogP contribution in [0.1, 0.15) is 18.4 Å². The van der Waals surface area contributed by atoms with Crippen LogP contribution >= 0.6 is 0 Å².